The van der Waals surface area contributed by atoms with Gasteiger partial charge in [-0.3, -0.25) is 14.4 Å². The number of terminal acetylenes is 1. The second-order valence-corrected chi connectivity index (χ2v) is 13.6. The van der Waals surface area contributed by atoms with Crippen LogP contribution in [0.4, 0.5) is 0 Å². The minimum absolute atomic E-state index is 0.0454. The predicted octanol–water partition coefficient (Wildman–Crippen LogP) is 2.87. The van der Waals surface area contributed by atoms with Crippen molar-refractivity contribution in [3.8, 4) is 12.3 Å². The van der Waals surface area contributed by atoms with E-state index in [1.807, 2.05) is 0 Å². The molecule has 0 aromatic carbocycles. The van der Waals surface area contributed by atoms with Gasteiger partial charge < -0.3 is 30.8 Å². The molecule has 43 heavy (non-hydrogen) atoms. The maximum Gasteiger partial charge on any atom is 0.326 e. The van der Waals surface area contributed by atoms with E-state index in [9.17, 15) is 29.4 Å². The van der Waals surface area contributed by atoms with Gasteiger partial charge in [-0.15, -0.1) is 6.42 Å². The predicted molar refractivity (Wildman–Crippen MR) is 157 cm³/mol. The van der Waals surface area contributed by atoms with Crippen molar-refractivity contribution in [1.29, 1.82) is 0 Å². The van der Waals surface area contributed by atoms with Crippen LogP contribution < -0.4 is 10.6 Å². The monoisotopic (exact) mass is 599 g/mol. The molecule has 0 aromatic rings. The van der Waals surface area contributed by atoms with E-state index in [4.69, 9.17) is 16.4 Å². The fourth-order valence-corrected chi connectivity index (χ4v) is 8.46. The Morgan fingerprint density at radius 1 is 1.07 bits per heavy atom. The Kier molecular flexibility index (Phi) is 9.31. The molecule has 3 fully saturated rings. The van der Waals surface area contributed by atoms with Gasteiger partial charge in [0.15, 0.2) is 6.61 Å². The third-order valence-electron chi connectivity index (χ3n) is 11.0. The van der Waals surface area contributed by atoms with Crippen molar-refractivity contribution in [3.05, 3.63) is 11.6 Å². The second-order valence-electron chi connectivity index (χ2n) is 13.6. The van der Waals surface area contributed by atoms with Gasteiger partial charge in [0.1, 0.15) is 17.7 Å². The molecule has 2 amide bonds. The minimum Gasteiger partial charge on any atom is -0.481 e. The molecule has 5 N–H and O–H groups in total. The van der Waals surface area contributed by atoms with Gasteiger partial charge in [0.05, 0.1) is 12.1 Å². The number of fused-ring (bicyclic) bond motifs is 5. The Morgan fingerprint density at radius 2 is 1.77 bits per heavy atom. The molecule has 3 saturated carbocycles. The van der Waals surface area contributed by atoms with Crippen LogP contribution in [-0.4, -0.2) is 69.1 Å². The van der Waals surface area contributed by atoms with Gasteiger partial charge in [-0.05, 0) is 86.5 Å². The molecule has 11 heteroatoms. The lowest BCUT2D eigenvalue weighted by atomic mass is 9.46. The van der Waals surface area contributed by atoms with Gasteiger partial charge in [-0.25, -0.2) is 4.79 Å². The van der Waals surface area contributed by atoms with Crippen LogP contribution in [0.5, 0.6) is 0 Å². The first-order valence-electron chi connectivity index (χ1n) is 15.3. The number of hydrogen-bond acceptors (Lipinski definition) is 7. The van der Waals surface area contributed by atoms with Crippen molar-refractivity contribution in [2.24, 2.45) is 39.7 Å². The number of rotatable bonds is 10. The van der Waals surface area contributed by atoms with Crippen molar-refractivity contribution < 1.29 is 39.3 Å². The topological polar surface area (TPSA) is 175 Å². The summed E-state index contributed by atoms with van der Waals surface area (Å²) in [5.41, 5.74) is 0.909. The number of carbonyl (C=O) groups excluding carboxylic acids is 2. The maximum absolute atomic E-state index is 12.6. The number of amides is 2. The fourth-order valence-electron chi connectivity index (χ4n) is 8.46. The zero-order chi connectivity index (χ0) is 31.7. The zero-order valence-corrected chi connectivity index (χ0v) is 25.5. The first-order chi connectivity index (χ1) is 20.1. The molecule has 0 radical (unpaired) electrons. The third-order valence-corrected chi connectivity index (χ3v) is 11.0. The first-order valence-corrected chi connectivity index (χ1v) is 15.3. The van der Waals surface area contributed by atoms with Crippen LogP contribution in [0, 0.1) is 46.8 Å². The summed E-state index contributed by atoms with van der Waals surface area (Å²) in [5, 5.41) is 38.3. The largest absolute Gasteiger partial charge is 0.481 e. The molecule has 0 saturated heterocycles. The van der Waals surface area contributed by atoms with Crippen LogP contribution in [0.1, 0.15) is 85.5 Å². The number of aliphatic hydroxyl groups is 1. The Balaban J connectivity index is 1.35. The molecule has 11 nitrogen and oxygen atoms in total. The quantitative estimate of drug-likeness (QED) is 0.188. The van der Waals surface area contributed by atoms with Crippen molar-refractivity contribution in [2.75, 3.05) is 6.61 Å². The molecule has 236 valence electrons. The zero-order valence-electron chi connectivity index (χ0n) is 25.5. The number of carbonyl (C=O) groups is 4. The fraction of sp³-hybridized carbons (Fsp3) is 0.719. The molecule has 8 atom stereocenters. The van der Waals surface area contributed by atoms with E-state index < -0.39 is 60.4 Å². The van der Waals surface area contributed by atoms with Gasteiger partial charge in [-0.2, -0.15) is 0 Å². The molecule has 0 heterocycles. The van der Waals surface area contributed by atoms with Gasteiger partial charge in [-0.1, -0.05) is 44.3 Å². The SMILES string of the molecule is C#C[C@@]1(O)CC[C@@H]2[C@@H]3CCC4=CC(=NOCC(=O)N[C@H](C(=O)N[C@@H](CC(=O)O)C(=O)O)C(C)C)CC[C@]4(C)[C@H]3CC[C@@]21C. The Morgan fingerprint density at radius 3 is 2.40 bits per heavy atom. The number of carboxylic acids is 2. The highest BCUT2D eigenvalue weighted by atomic mass is 16.6. The highest BCUT2D eigenvalue weighted by molar-refractivity contribution is 5.96. The van der Waals surface area contributed by atoms with Crippen LogP contribution in [0.25, 0.3) is 0 Å². The molecule has 4 aliphatic rings. The van der Waals surface area contributed by atoms with Gasteiger partial charge in [0.25, 0.3) is 5.91 Å². The van der Waals surface area contributed by atoms with Gasteiger partial charge >= 0.3 is 11.9 Å². The summed E-state index contributed by atoms with van der Waals surface area (Å²) in [6, 6.07) is -2.70. The van der Waals surface area contributed by atoms with E-state index >= 15 is 0 Å². The molecule has 0 unspecified atom stereocenters. The molecule has 0 spiro atoms. The van der Waals surface area contributed by atoms with Crippen molar-refractivity contribution >= 4 is 29.5 Å². The van der Waals surface area contributed by atoms with Crippen LogP contribution in [0.2, 0.25) is 0 Å². The van der Waals surface area contributed by atoms with Crippen molar-refractivity contribution in [1.82, 2.24) is 10.6 Å². The molecular formula is C32H45N3O8. The number of nitrogens with zero attached hydrogens (tertiary/aromatic N) is 1. The summed E-state index contributed by atoms with van der Waals surface area (Å²) in [5.74, 6) is -0.430. The van der Waals surface area contributed by atoms with E-state index in [1.54, 1.807) is 13.8 Å². The Labute approximate surface area is 252 Å². The highest BCUT2D eigenvalue weighted by Crippen LogP contribution is 2.67. The van der Waals surface area contributed by atoms with Crippen LogP contribution in [0.15, 0.2) is 16.8 Å². The lowest BCUT2D eigenvalue weighted by Crippen LogP contribution is -2.54. The summed E-state index contributed by atoms with van der Waals surface area (Å²) in [6.07, 6.45) is 14.4. The summed E-state index contributed by atoms with van der Waals surface area (Å²) >= 11 is 0. The van der Waals surface area contributed by atoms with Crippen molar-refractivity contribution in [3.63, 3.8) is 0 Å². The van der Waals surface area contributed by atoms with Crippen LogP contribution in [0.3, 0.4) is 0 Å². The van der Waals surface area contributed by atoms with Crippen LogP contribution >= 0.6 is 0 Å². The molecule has 4 rings (SSSR count). The molecular weight excluding hydrogens is 554 g/mol. The number of carboxylic acid groups (broad SMARTS) is 2. The Bertz CT molecular complexity index is 1250. The number of nitrogens with one attached hydrogen (secondary N) is 2. The highest BCUT2D eigenvalue weighted by Gasteiger charge is 2.63. The average Bonchev–Trinajstić information content (AvgIpc) is 3.21. The maximum atomic E-state index is 12.6. The van der Waals surface area contributed by atoms with Crippen LogP contribution in [-0.2, 0) is 24.0 Å². The lowest BCUT2D eigenvalue weighted by molar-refractivity contribution is -0.147. The standard InChI is InChI=1S/C32H45N3O8/c1-6-32(42)14-11-23-21-8-7-19-15-20(9-12-30(19,4)22(21)10-13-31(23,32)5)35-43-17-25(36)34-27(18(2)3)28(39)33-24(29(40)41)16-26(37)38/h1,15,18,21-24,27,42H,7-14,16-17H2,2-5H3,(H,33,39)(H,34,36)(H,37,38)(H,40,41)/t21-,22+,23-,24+,27+,30+,31+,32-/m1/s1. The third kappa shape index (κ3) is 6.17. The lowest BCUT2D eigenvalue weighted by Gasteiger charge is -2.58. The molecule has 0 aliphatic heterocycles. The normalized spacial score (nSPS) is 35.3. The van der Waals surface area contributed by atoms with E-state index in [2.05, 4.69) is 41.6 Å². The Hall–Kier alpha value is -3.39. The average molecular weight is 600 g/mol. The number of hydrogen-bond donors (Lipinski definition) is 5. The minimum atomic E-state index is -1.62. The molecule has 0 aromatic heterocycles. The summed E-state index contributed by atoms with van der Waals surface area (Å²) in [4.78, 5) is 52.9. The summed E-state index contributed by atoms with van der Waals surface area (Å²) in [6.45, 7) is 7.46. The van der Waals surface area contributed by atoms with Gasteiger partial charge in [0, 0.05) is 5.41 Å². The van der Waals surface area contributed by atoms with Gasteiger partial charge in [0.2, 0.25) is 5.91 Å². The smallest absolute Gasteiger partial charge is 0.326 e. The van der Waals surface area contributed by atoms with E-state index in [0.29, 0.717) is 30.6 Å². The van der Waals surface area contributed by atoms with E-state index in [-0.39, 0.29) is 10.8 Å². The summed E-state index contributed by atoms with van der Waals surface area (Å²) < 4.78 is 0. The first kappa shape index (κ1) is 32.5. The number of oxime groups is 1. The molecule has 0 bridgehead atoms. The number of allylic oxidation sites excluding steroid dienone is 2. The summed E-state index contributed by atoms with van der Waals surface area (Å²) in [7, 11) is 0. The molecule has 4 aliphatic carbocycles. The number of aliphatic carboxylic acids is 2. The van der Waals surface area contributed by atoms with E-state index in [0.717, 1.165) is 44.2 Å². The van der Waals surface area contributed by atoms with Crippen molar-refractivity contribution in [2.45, 2.75) is 103 Å². The van der Waals surface area contributed by atoms with E-state index in [1.165, 1.54) is 5.57 Å². The second kappa shape index (κ2) is 12.3.